The summed E-state index contributed by atoms with van der Waals surface area (Å²) in [7, 11) is 2.92. The number of Topliss-reactive ketones (excluding diaryl/α,β-unsaturated/α-hetero) is 1. The molecule has 1 amide bonds. The number of ether oxygens (including phenoxy) is 3. The highest BCUT2D eigenvalue weighted by atomic mass is 16.6. The van der Waals surface area contributed by atoms with Crippen molar-refractivity contribution >= 4 is 17.6 Å². The molecule has 9 atom stereocenters. The quantitative estimate of drug-likeness (QED) is 0.675. The van der Waals surface area contributed by atoms with Gasteiger partial charge in [-0.3, -0.25) is 14.6 Å². The largest absolute Gasteiger partial charge is 0.495 e. The van der Waals surface area contributed by atoms with E-state index in [0.29, 0.717) is 24.4 Å². The highest BCUT2D eigenvalue weighted by Crippen LogP contribution is 2.85. The van der Waals surface area contributed by atoms with Gasteiger partial charge in [0.1, 0.15) is 23.6 Å². The van der Waals surface area contributed by atoms with Crippen LogP contribution < -0.4 is 9.64 Å². The summed E-state index contributed by atoms with van der Waals surface area (Å²) in [4.78, 5) is 31.3. The third-order valence-corrected chi connectivity index (χ3v) is 9.78. The van der Waals surface area contributed by atoms with Crippen molar-refractivity contribution in [3.63, 3.8) is 0 Å². The molecule has 3 spiro atoms. The van der Waals surface area contributed by atoms with Gasteiger partial charge in [-0.15, -0.1) is 0 Å². The highest BCUT2D eigenvalue weighted by Gasteiger charge is 3.00. The summed E-state index contributed by atoms with van der Waals surface area (Å²) in [6.07, 6.45) is 3.93. The highest BCUT2D eigenvalue weighted by molar-refractivity contribution is 6.09. The molecule has 8 heteroatoms. The number of para-hydroxylation sites is 1. The Kier molecular flexibility index (Phi) is 2.51. The molecular formula is C23H22N2O6. The lowest BCUT2D eigenvalue weighted by Gasteiger charge is -2.72. The van der Waals surface area contributed by atoms with E-state index in [2.05, 4.69) is 17.1 Å². The number of ketones is 1. The summed E-state index contributed by atoms with van der Waals surface area (Å²) in [5, 5.41) is 12.4. The molecule has 0 aromatic heterocycles. The Balaban J connectivity index is 1.59. The van der Waals surface area contributed by atoms with Gasteiger partial charge in [-0.25, -0.2) is 4.79 Å². The number of fused-ring (bicyclic) bond motifs is 2. The fraction of sp³-hybridized carbons (Fsp3) is 0.565. The average Bonchev–Trinajstić information content (AvgIpc) is 3.24. The first-order valence-corrected chi connectivity index (χ1v) is 10.9. The Morgan fingerprint density at radius 2 is 2.13 bits per heavy atom. The maximum atomic E-state index is 14.1. The predicted octanol–water partition coefficient (Wildman–Crippen LogP) is 0.961. The van der Waals surface area contributed by atoms with Crippen molar-refractivity contribution in [1.82, 2.24) is 4.90 Å². The van der Waals surface area contributed by atoms with Crippen LogP contribution in [-0.2, 0) is 19.7 Å². The van der Waals surface area contributed by atoms with Crippen molar-refractivity contribution in [2.24, 2.45) is 11.3 Å². The number of hydrogen-bond donors (Lipinski definition) is 1. The fourth-order valence-electron chi connectivity index (χ4n) is 9.42. The molecule has 160 valence electrons. The van der Waals surface area contributed by atoms with Gasteiger partial charge in [0.25, 0.3) is 0 Å². The molecule has 1 unspecified atom stereocenters. The van der Waals surface area contributed by atoms with Crippen molar-refractivity contribution in [2.45, 2.75) is 47.8 Å². The lowest BCUT2D eigenvalue weighted by molar-refractivity contribution is -0.308. The monoisotopic (exact) mass is 422 g/mol. The van der Waals surface area contributed by atoms with Crippen LogP contribution in [0.2, 0.25) is 0 Å². The van der Waals surface area contributed by atoms with E-state index in [1.54, 1.807) is 12.0 Å². The summed E-state index contributed by atoms with van der Waals surface area (Å²) >= 11 is 0. The smallest absolute Gasteiger partial charge is 0.414 e. The second-order valence-corrected chi connectivity index (χ2v) is 10.0. The van der Waals surface area contributed by atoms with Gasteiger partial charge in [-0.1, -0.05) is 24.3 Å². The summed E-state index contributed by atoms with van der Waals surface area (Å²) < 4.78 is 17.5. The summed E-state index contributed by atoms with van der Waals surface area (Å²) in [5.41, 5.74) is -2.66. The molecule has 31 heavy (non-hydrogen) atoms. The molecule has 8 nitrogen and oxygen atoms in total. The molecule has 0 radical (unpaired) electrons. The molecule has 7 fully saturated rings. The Hall–Kier alpha value is -2.42. The average molecular weight is 422 g/mol. The Morgan fingerprint density at radius 3 is 2.90 bits per heavy atom. The maximum Gasteiger partial charge on any atom is 0.414 e. The van der Waals surface area contributed by atoms with Gasteiger partial charge in [-0.05, 0) is 24.5 Å². The number of carbonyl (C=O) groups is 2. The number of hydrogen-bond acceptors (Lipinski definition) is 7. The number of benzene rings is 1. The molecular weight excluding hydrogens is 400 g/mol. The molecule has 5 aliphatic heterocycles. The third-order valence-electron chi connectivity index (χ3n) is 9.78. The molecule has 5 heterocycles. The van der Waals surface area contributed by atoms with Crippen LogP contribution in [0, 0.1) is 11.3 Å². The van der Waals surface area contributed by atoms with Gasteiger partial charge in [0, 0.05) is 18.0 Å². The minimum atomic E-state index is -1.80. The Labute approximate surface area is 178 Å². The number of anilines is 1. The van der Waals surface area contributed by atoms with Crippen molar-refractivity contribution in [3.8, 4) is 5.75 Å². The third kappa shape index (κ3) is 1.18. The van der Waals surface area contributed by atoms with Gasteiger partial charge < -0.3 is 19.3 Å². The number of carbonyl (C=O) groups excluding carboxylic acids is 2. The van der Waals surface area contributed by atoms with Crippen LogP contribution in [-0.4, -0.2) is 72.2 Å². The normalized spacial score (nSPS) is 52.7. The standard InChI is InChI=1S/C23H22N2O6/c1-29-12-6-3-5-11-14(12)25(19(27)30-2)21-9-8-20-7-4-10-24-16-13(22(11,21)17(20)24)15(26)23(21,28)18(20)31-16/h3-7,13,16-18,28H,8-10H2,1-2H3/t13-,16+,17-,18+,20-,21-,22-,23-/m1/s1. The maximum absolute atomic E-state index is 14.1. The van der Waals surface area contributed by atoms with E-state index in [1.807, 2.05) is 18.2 Å². The topological polar surface area (TPSA) is 88.5 Å². The van der Waals surface area contributed by atoms with E-state index in [-0.39, 0.29) is 11.8 Å². The number of nitrogens with zero attached hydrogens (tertiary/aromatic N) is 2. The van der Waals surface area contributed by atoms with Gasteiger partial charge >= 0.3 is 6.09 Å². The van der Waals surface area contributed by atoms with E-state index < -0.39 is 46.3 Å². The minimum absolute atomic E-state index is 0.0280. The Bertz CT molecular complexity index is 1170. The van der Waals surface area contributed by atoms with Crippen molar-refractivity contribution in [2.75, 3.05) is 25.7 Å². The second-order valence-electron chi connectivity index (χ2n) is 10.0. The summed E-state index contributed by atoms with van der Waals surface area (Å²) in [5.74, 6) is -0.171. The zero-order valence-electron chi connectivity index (χ0n) is 17.2. The van der Waals surface area contributed by atoms with Crippen LogP contribution in [0.4, 0.5) is 10.5 Å². The predicted molar refractivity (Wildman–Crippen MR) is 106 cm³/mol. The molecule has 3 saturated heterocycles. The molecule has 4 saturated carbocycles. The molecule has 9 bridgehead atoms. The zero-order chi connectivity index (χ0) is 21.1. The number of methoxy groups -OCH3 is 2. The van der Waals surface area contributed by atoms with Crippen LogP contribution in [0.1, 0.15) is 18.4 Å². The fourth-order valence-corrected chi connectivity index (χ4v) is 9.42. The van der Waals surface area contributed by atoms with Crippen molar-refractivity contribution < 1.29 is 28.9 Å². The van der Waals surface area contributed by atoms with E-state index in [0.717, 1.165) is 12.0 Å². The minimum Gasteiger partial charge on any atom is -0.495 e. The van der Waals surface area contributed by atoms with E-state index in [9.17, 15) is 14.7 Å². The molecule has 1 aromatic carbocycles. The van der Waals surface area contributed by atoms with Gasteiger partial charge in [0.15, 0.2) is 11.4 Å². The Morgan fingerprint density at radius 1 is 1.29 bits per heavy atom. The van der Waals surface area contributed by atoms with E-state index in [1.165, 1.54) is 7.11 Å². The first kappa shape index (κ1) is 17.2. The van der Waals surface area contributed by atoms with Crippen LogP contribution in [0.15, 0.2) is 30.4 Å². The van der Waals surface area contributed by atoms with Gasteiger partial charge in [0.05, 0.1) is 31.2 Å². The number of rotatable bonds is 1. The van der Waals surface area contributed by atoms with Crippen LogP contribution >= 0.6 is 0 Å². The number of amides is 1. The number of aliphatic hydroxyl groups is 1. The van der Waals surface area contributed by atoms with Gasteiger partial charge in [0.2, 0.25) is 0 Å². The molecule has 1 aromatic rings. The summed E-state index contributed by atoms with van der Waals surface area (Å²) in [6, 6.07) is 5.71. The van der Waals surface area contributed by atoms with Crippen molar-refractivity contribution in [3.05, 3.63) is 35.9 Å². The van der Waals surface area contributed by atoms with Crippen LogP contribution in [0.25, 0.3) is 0 Å². The first-order valence-electron chi connectivity index (χ1n) is 10.9. The second kappa shape index (κ2) is 4.53. The molecule has 10 rings (SSSR count). The van der Waals surface area contributed by atoms with Crippen LogP contribution in [0.3, 0.4) is 0 Å². The molecule has 9 aliphatic rings. The molecule has 4 aliphatic carbocycles. The SMILES string of the molecule is COC(=O)N1c2c(OC)cccc2[C@]23[C@@H]4C(=O)[C@@]5(O)[C@H]6O[C@@H]4N4CC=C[C@@]6(CC[C@@]125)[C@@H]43. The van der Waals surface area contributed by atoms with E-state index >= 15 is 0 Å². The van der Waals surface area contributed by atoms with Crippen LogP contribution in [0.5, 0.6) is 5.75 Å². The van der Waals surface area contributed by atoms with Gasteiger partial charge in [-0.2, -0.15) is 0 Å². The lowest BCUT2D eigenvalue weighted by Crippen LogP contribution is -2.89. The summed E-state index contributed by atoms with van der Waals surface area (Å²) in [6.45, 7) is 0.696. The van der Waals surface area contributed by atoms with E-state index in [4.69, 9.17) is 14.2 Å². The zero-order valence-corrected chi connectivity index (χ0v) is 17.2. The molecule has 1 N–H and O–H groups in total. The lowest BCUT2D eigenvalue weighted by atomic mass is 9.40. The van der Waals surface area contributed by atoms with Crippen molar-refractivity contribution in [1.29, 1.82) is 0 Å². The first-order chi connectivity index (χ1) is 15.0.